The second-order valence-electron chi connectivity index (χ2n) is 4.50. The first kappa shape index (κ1) is 17.6. The number of hydrogen-bond acceptors (Lipinski definition) is 3. The van der Waals surface area contributed by atoms with Crippen molar-refractivity contribution in [2.24, 2.45) is 0 Å². The molecule has 0 aromatic carbocycles. The summed E-state index contributed by atoms with van der Waals surface area (Å²) in [6.45, 7) is 2.27. The monoisotopic (exact) mass is 293 g/mol. The van der Waals surface area contributed by atoms with Crippen LogP contribution in [0.3, 0.4) is 0 Å². The van der Waals surface area contributed by atoms with Gasteiger partial charge in [0.15, 0.2) is 0 Å². The molecule has 0 heterocycles. The molecule has 0 aliphatic heterocycles. The van der Waals surface area contributed by atoms with Crippen molar-refractivity contribution in [3.05, 3.63) is 0 Å². The van der Waals surface area contributed by atoms with Crippen LogP contribution >= 0.6 is 35.7 Å². The Labute approximate surface area is 121 Å². The van der Waals surface area contributed by atoms with Crippen LogP contribution in [-0.2, 0) is 0 Å². The maximum atomic E-state index is 5.33. The predicted molar refractivity (Wildman–Crippen MR) is 89.2 cm³/mol. The van der Waals surface area contributed by atoms with Crippen molar-refractivity contribution in [3.63, 3.8) is 0 Å². The van der Waals surface area contributed by atoms with E-state index in [9.17, 15) is 0 Å². The zero-order valence-corrected chi connectivity index (χ0v) is 14.1. The van der Waals surface area contributed by atoms with Crippen molar-refractivity contribution < 1.29 is 0 Å². The van der Waals surface area contributed by atoms with Crippen LogP contribution in [0.1, 0.15) is 51.9 Å². The molecule has 0 aliphatic carbocycles. The highest BCUT2D eigenvalue weighted by atomic mass is 32.2. The predicted octanol–water partition coefficient (Wildman–Crippen LogP) is 5.01. The third-order valence-electron chi connectivity index (χ3n) is 2.65. The minimum absolute atomic E-state index is 0.635. The number of nitrogens with zero attached hydrogens (tertiary/aromatic N) is 1. The number of thioether (sulfide) groups is 2. The molecule has 0 amide bonds. The summed E-state index contributed by atoms with van der Waals surface area (Å²) in [5.41, 5.74) is 0. The standard InChI is InChI=1S/C13H27NS3/c1-5-6-7-8-9-10-11-12(16-4)17-13(15)14(2)3/h12H,5-11H2,1-4H3. The third-order valence-corrected chi connectivity index (χ3v) is 6.00. The number of hydrogen-bond donors (Lipinski definition) is 0. The quantitative estimate of drug-likeness (QED) is 0.334. The molecule has 0 saturated carbocycles. The van der Waals surface area contributed by atoms with Crippen LogP contribution in [0.25, 0.3) is 0 Å². The number of unbranched alkanes of at least 4 members (excludes halogenated alkanes) is 5. The first-order chi connectivity index (χ1) is 8.11. The molecule has 1 nitrogen and oxygen atoms in total. The van der Waals surface area contributed by atoms with Gasteiger partial charge in [-0.1, -0.05) is 69.4 Å². The Morgan fingerprint density at radius 1 is 1.12 bits per heavy atom. The summed E-state index contributed by atoms with van der Waals surface area (Å²) in [6, 6.07) is 0. The van der Waals surface area contributed by atoms with Crippen LogP contribution < -0.4 is 0 Å². The van der Waals surface area contributed by atoms with Crippen LogP contribution in [0, 0.1) is 0 Å². The lowest BCUT2D eigenvalue weighted by Crippen LogP contribution is -2.18. The van der Waals surface area contributed by atoms with E-state index in [0.717, 1.165) is 4.32 Å². The lowest BCUT2D eigenvalue weighted by atomic mass is 10.1. The van der Waals surface area contributed by atoms with Gasteiger partial charge in [-0.15, -0.1) is 0 Å². The molecule has 0 spiro atoms. The van der Waals surface area contributed by atoms with E-state index in [1.54, 1.807) is 0 Å². The normalized spacial score (nSPS) is 12.5. The Morgan fingerprint density at radius 2 is 1.71 bits per heavy atom. The average Bonchev–Trinajstić information content (AvgIpc) is 2.31. The molecular weight excluding hydrogens is 266 g/mol. The van der Waals surface area contributed by atoms with Crippen LogP contribution in [-0.4, -0.2) is 34.2 Å². The molecule has 0 fully saturated rings. The van der Waals surface area contributed by atoms with Gasteiger partial charge in [0.2, 0.25) is 0 Å². The van der Waals surface area contributed by atoms with Gasteiger partial charge in [-0.2, -0.15) is 11.8 Å². The van der Waals surface area contributed by atoms with Crippen LogP contribution in [0.4, 0.5) is 0 Å². The molecule has 0 aromatic heterocycles. The molecule has 17 heavy (non-hydrogen) atoms. The van der Waals surface area contributed by atoms with Gasteiger partial charge in [0, 0.05) is 14.1 Å². The van der Waals surface area contributed by atoms with Gasteiger partial charge in [0.1, 0.15) is 4.32 Å². The molecular formula is C13H27NS3. The Morgan fingerprint density at radius 3 is 2.24 bits per heavy atom. The summed E-state index contributed by atoms with van der Waals surface area (Å²) in [6.07, 6.45) is 11.7. The van der Waals surface area contributed by atoms with E-state index in [2.05, 4.69) is 13.2 Å². The van der Waals surface area contributed by atoms with E-state index in [1.165, 1.54) is 44.9 Å². The molecule has 0 saturated heterocycles. The molecule has 1 atom stereocenters. The topological polar surface area (TPSA) is 3.24 Å². The summed E-state index contributed by atoms with van der Waals surface area (Å²) in [4.78, 5) is 2.03. The lowest BCUT2D eigenvalue weighted by molar-refractivity contribution is 0.600. The minimum atomic E-state index is 0.635. The fourth-order valence-corrected chi connectivity index (χ4v) is 3.85. The van der Waals surface area contributed by atoms with E-state index in [0.29, 0.717) is 4.58 Å². The molecule has 0 radical (unpaired) electrons. The summed E-state index contributed by atoms with van der Waals surface area (Å²) in [7, 11) is 4.05. The molecule has 102 valence electrons. The molecule has 1 unspecified atom stereocenters. The van der Waals surface area contributed by atoms with E-state index >= 15 is 0 Å². The van der Waals surface area contributed by atoms with Crippen molar-refractivity contribution in [2.75, 3.05) is 20.4 Å². The fraction of sp³-hybridized carbons (Fsp3) is 0.923. The van der Waals surface area contributed by atoms with Crippen molar-refractivity contribution in [1.29, 1.82) is 0 Å². The highest BCUT2D eigenvalue weighted by molar-refractivity contribution is 8.30. The summed E-state index contributed by atoms with van der Waals surface area (Å²) < 4.78 is 1.64. The van der Waals surface area contributed by atoms with Crippen molar-refractivity contribution >= 4 is 40.1 Å². The first-order valence-electron chi connectivity index (χ1n) is 6.52. The van der Waals surface area contributed by atoms with Crippen molar-refractivity contribution in [1.82, 2.24) is 4.90 Å². The number of rotatable bonds is 9. The fourth-order valence-electron chi connectivity index (χ4n) is 1.53. The SMILES string of the molecule is CCCCCCCCC(SC)SC(=S)N(C)C. The molecule has 0 aliphatic rings. The van der Waals surface area contributed by atoms with Crippen LogP contribution in [0.2, 0.25) is 0 Å². The smallest absolute Gasteiger partial charge is 0.136 e. The third kappa shape index (κ3) is 10.2. The first-order valence-corrected chi connectivity index (χ1v) is 9.10. The summed E-state index contributed by atoms with van der Waals surface area (Å²) >= 11 is 9.11. The summed E-state index contributed by atoms with van der Waals surface area (Å²) in [5.74, 6) is 0. The molecule has 0 rings (SSSR count). The maximum Gasteiger partial charge on any atom is 0.136 e. The van der Waals surface area contributed by atoms with Gasteiger partial charge >= 0.3 is 0 Å². The largest absolute Gasteiger partial charge is 0.364 e. The second-order valence-corrected chi connectivity index (χ2v) is 7.68. The van der Waals surface area contributed by atoms with E-state index in [1.807, 2.05) is 42.5 Å². The maximum absolute atomic E-state index is 5.33. The second kappa shape index (κ2) is 11.7. The zero-order chi connectivity index (χ0) is 13.1. The van der Waals surface area contributed by atoms with Crippen LogP contribution in [0.5, 0.6) is 0 Å². The molecule has 0 bridgehead atoms. The number of thiocarbonyl (C=S) groups is 1. The van der Waals surface area contributed by atoms with Gasteiger partial charge in [0.05, 0.1) is 4.58 Å². The zero-order valence-electron chi connectivity index (χ0n) is 11.7. The van der Waals surface area contributed by atoms with Crippen molar-refractivity contribution in [2.45, 2.75) is 56.5 Å². The highest BCUT2D eigenvalue weighted by Crippen LogP contribution is 2.28. The molecule has 0 aromatic rings. The molecule has 4 heteroatoms. The Hall–Kier alpha value is 0.590. The Kier molecular flexibility index (Phi) is 12.1. The minimum Gasteiger partial charge on any atom is -0.364 e. The van der Waals surface area contributed by atoms with Crippen LogP contribution in [0.15, 0.2) is 0 Å². The van der Waals surface area contributed by atoms with E-state index in [-0.39, 0.29) is 0 Å². The van der Waals surface area contributed by atoms with Gasteiger partial charge in [-0.3, -0.25) is 0 Å². The van der Waals surface area contributed by atoms with Gasteiger partial charge in [0.25, 0.3) is 0 Å². The van der Waals surface area contributed by atoms with Gasteiger partial charge in [-0.25, -0.2) is 0 Å². The highest BCUT2D eigenvalue weighted by Gasteiger charge is 2.11. The average molecular weight is 294 g/mol. The summed E-state index contributed by atoms with van der Waals surface area (Å²) in [5, 5.41) is 0. The van der Waals surface area contributed by atoms with E-state index in [4.69, 9.17) is 12.2 Å². The Bertz CT molecular complexity index is 195. The van der Waals surface area contributed by atoms with Gasteiger partial charge in [-0.05, 0) is 12.7 Å². The molecule has 0 N–H and O–H groups in total. The van der Waals surface area contributed by atoms with Crippen molar-refractivity contribution in [3.8, 4) is 0 Å². The Balaban J connectivity index is 3.58. The van der Waals surface area contributed by atoms with Gasteiger partial charge < -0.3 is 4.90 Å². The lowest BCUT2D eigenvalue weighted by Gasteiger charge is -2.18. The van der Waals surface area contributed by atoms with E-state index < -0.39 is 0 Å².